The summed E-state index contributed by atoms with van der Waals surface area (Å²) in [5, 5.41) is 14.9. The largest absolute Gasteiger partial charge is 0.435 e. The SMILES string of the molecule is CC(C)C(C)NC(=O)Cn1cc(CCO)c(C(F)(F)F)n1. The monoisotopic (exact) mass is 307 g/mol. The van der Waals surface area contributed by atoms with E-state index in [9.17, 15) is 18.0 Å². The van der Waals surface area contributed by atoms with E-state index in [1.54, 1.807) is 0 Å². The minimum atomic E-state index is -4.60. The molecule has 21 heavy (non-hydrogen) atoms. The van der Waals surface area contributed by atoms with Gasteiger partial charge in [-0.3, -0.25) is 9.48 Å². The minimum absolute atomic E-state index is 0.0768. The van der Waals surface area contributed by atoms with E-state index in [1.807, 2.05) is 20.8 Å². The van der Waals surface area contributed by atoms with Crippen molar-refractivity contribution in [2.45, 2.75) is 46.0 Å². The van der Waals surface area contributed by atoms with E-state index < -0.39 is 24.4 Å². The zero-order valence-corrected chi connectivity index (χ0v) is 12.2. The first kappa shape index (κ1) is 17.5. The molecule has 8 heteroatoms. The van der Waals surface area contributed by atoms with Crippen LogP contribution in [0.1, 0.15) is 32.0 Å². The Bertz CT molecular complexity index is 483. The van der Waals surface area contributed by atoms with Gasteiger partial charge in [-0.1, -0.05) is 13.8 Å². The van der Waals surface area contributed by atoms with Crippen LogP contribution in [0.2, 0.25) is 0 Å². The number of alkyl halides is 3. The Morgan fingerprint density at radius 1 is 1.43 bits per heavy atom. The third kappa shape index (κ3) is 5.04. The number of rotatable bonds is 6. The second kappa shape index (κ2) is 6.93. The summed E-state index contributed by atoms with van der Waals surface area (Å²) in [4.78, 5) is 11.8. The van der Waals surface area contributed by atoms with E-state index >= 15 is 0 Å². The van der Waals surface area contributed by atoms with Gasteiger partial charge in [-0.2, -0.15) is 18.3 Å². The molecule has 1 aromatic rings. The van der Waals surface area contributed by atoms with Crippen LogP contribution in [0.3, 0.4) is 0 Å². The van der Waals surface area contributed by atoms with Gasteiger partial charge < -0.3 is 10.4 Å². The molecule has 1 unspecified atom stereocenters. The molecule has 0 aromatic carbocycles. The highest BCUT2D eigenvalue weighted by Gasteiger charge is 2.37. The molecular formula is C13H20F3N3O2. The second-order valence-corrected chi connectivity index (χ2v) is 5.27. The number of nitrogens with zero attached hydrogens (tertiary/aromatic N) is 2. The number of aliphatic hydroxyl groups excluding tert-OH is 1. The zero-order chi connectivity index (χ0) is 16.2. The van der Waals surface area contributed by atoms with Crippen molar-refractivity contribution in [1.29, 1.82) is 0 Å². The average molecular weight is 307 g/mol. The highest BCUT2D eigenvalue weighted by atomic mass is 19.4. The number of aliphatic hydroxyl groups is 1. The van der Waals surface area contributed by atoms with Crippen molar-refractivity contribution in [3.8, 4) is 0 Å². The van der Waals surface area contributed by atoms with Gasteiger partial charge in [0.05, 0.1) is 0 Å². The molecule has 1 atom stereocenters. The number of aromatic nitrogens is 2. The predicted molar refractivity (Wildman–Crippen MR) is 70.5 cm³/mol. The van der Waals surface area contributed by atoms with Gasteiger partial charge in [0.15, 0.2) is 5.69 Å². The van der Waals surface area contributed by atoms with Gasteiger partial charge in [0.2, 0.25) is 5.91 Å². The molecule has 0 saturated carbocycles. The van der Waals surface area contributed by atoms with Crippen LogP contribution in [0.15, 0.2) is 6.20 Å². The lowest BCUT2D eigenvalue weighted by molar-refractivity contribution is -0.142. The van der Waals surface area contributed by atoms with E-state index in [2.05, 4.69) is 10.4 Å². The van der Waals surface area contributed by atoms with Gasteiger partial charge in [0.1, 0.15) is 6.54 Å². The predicted octanol–water partition coefficient (Wildman–Crippen LogP) is 1.60. The molecule has 1 aromatic heterocycles. The van der Waals surface area contributed by atoms with Crippen molar-refractivity contribution < 1.29 is 23.1 Å². The number of carbonyl (C=O) groups excluding carboxylic acids is 1. The minimum Gasteiger partial charge on any atom is -0.396 e. The number of nitrogens with one attached hydrogen (secondary N) is 1. The van der Waals surface area contributed by atoms with Gasteiger partial charge >= 0.3 is 6.18 Å². The van der Waals surface area contributed by atoms with Crippen molar-refractivity contribution >= 4 is 5.91 Å². The number of carbonyl (C=O) groups is 1. The summed E-state index contributed by atoms with van der Waals surface area (Å²) in [5.74, 6) is -0.176. The molecule has 0 aliphatic heterocycles. The van der Waals surface area contributed by atoms with Gasteiger partial charge in [-0.15, -0.1) is 0 Å². The maximum absolute atomic E-state index is 12.8. The van der Waals surface area contributed by atoms with Crippen LogP contribution in [0.5, 0.6) is 0 Å². The average Bonchev–Trinajstić information content (AvgIpc) is 2.71. The van der Waals surface area contributed by atoms with Crippen molar-refractivity contribution in [2.24, 2.45) is 5.92 Å². The Kier molecular flexibility index (Phi) is 5.77. The molecule has 2 N–H and O–H groups in total. The molecule has 5 nitrogen and oxygen atoms in total. The van der Waals surface area contributed by atoms with E-state index in [1.165, 1.54) is 0 Å². The Morgan fingerprint density at radius 2 is 2.05 bits per heavy atom. The first-order valence-electron chi connectivity index (χ1n) is 6.69. The molecule has 0 radical (unpaired) electrons. The second-order valence-electron chi connectivity index (χ2n) is 5.27. The summed E-state index contributed by atoms with van der Waals surface area (Å²) < 4.78 is 39.3. The van der Waals surface area contributed by atoms with Crippen molar-refractivity contribution in [3.63, 3.8) is 0 Å². The molecule has 0 saturated heterocycles. The Morgan fingerprint density at radius 3 is 2.52 bits per heavy atom. The third-order valence-corrected chi connectivity index (χ3v) is 3.18. The molecule has 0 aliphatic carbocycles. The first-order chi connectivity index (χ1) is 9.65. The third-order valence-electron chi connectivity index (χ3n) is 3.18. The standard InChI is InChI=1S/C13H20F3N3O2/c1-8(2)9(3)17-11(21)7-19-6-10(4-5-20)12(18-19)13(14,15)16/h6,8-9,20H,4-5,7H2,1-3H3,(H,17,21). The Hall–Kier alpha value is -1.57. The quantitative estimate of drug-likeness (QED) is 0.839. The molecule has 1 heterocycles. The molecule has 0 aliphatic rings. The maximum Gasteiger partial charge on any atom is 0.435 e. The van der Waals surface area contributed by atoms with E-state index in [-0.39, 0.29) is 30.5 Å². The Labute approximate surface area is 121 Å². The van der Waals surface area contributed by atoms with Crippen LogP contribution >= 0.6 is 0 Å². The number of hydrogen-bond acceptors (Lipinski definition) is 3. The molecule has 120 valence electrons. The maximum atomic E-state index is 12.8. The lowest BCUT2D eigenvalue weighted by Gasteiger charge is -2.17. The molecular weight excluding hydrogens is 287 g/mol. The smallest absolute Gasteiger partial charge is 0.396 e. The van der Waals surface area contributed by atoms with Crippen LogP contribution in [0.4, 0.5) is 13.2 Å². The van der Waals surface area contributed by atoms with Crippen molar-refractivity contribution in [3.05, 3.63) is 17.5 Å². The molecule has 0 spiro atoms. The fraction of sp³-hybridized carbons (Fsp3) is 0.692. The van der Waals surface area contributed by atoms with Crippen LogP contribution < -0.4 is 5.32 Å². The lowest BCUT2D eigenvalue weighted by Crippen LogP contribution is -2.38. The van der Waals surface area contributed by atoms with Crippen LogP contribution in [-0.2, 0) is 23.9 Å². The van der Waals surface area contributed by atoms with Crippen LogP contribution in [-0.4, -0.2) is 33.4 Å². The van der Waals surface area contributed by atoms with Crippen molar-refractivity contribution in [2.75, 3.05) is 6.61 Å². The van der Waals surface area contributed by atoms with E-state index in [0.29, 0.717) is 0 Å². The van der Waals surface area contributed by atoms with Gasteiger partial charge in [0, 0.05) is 24.4 Å². The van der Waals surface area contributed by atoms with Gasteiger partial charge in [0.25, 0.3) is 0 Å². The molecule has 0 bridgehead atoms. The summed E-state index contributed by atoms with van der Waals surface area (Å²) >= 11 is 0. The van der Waals surface area contributed by atoms with Crippen molar-refractivity contribution in [1.82, 2.24) is 15.1 Å². The normalized spacial score (nSPS) is 13.5. The van der Waals surface area contributed by atoms with E-state index in [4.69, 9.17) is 5.11 Å². The zero-order valence-electron chi connectivity index (χ0n) is 12.2. The van der Waals surface area contributed by atoms with Gasteiger partial charge in [-0.05, 0) is 19.3 Å². The lowest BCUT2D eigenvalue weighted by atomic mass is 10.1. The first-order valence-corrected chi connectivity index (χ1v) is 6.69. The van der Waals surface area contributed by atoms with Gasteiger partial charge in [-0.25, -0.2) is 0 Å². The number of amides is 1. The molecule has 1 amide bonds. The fourth-order valence-corrected chi connectivity index (χ4v) is 1.70. The summed E-state index contributed by atoms with van der Waals surface area (Å²) in [6.45, 7) is 4.99. The Balaban J connectivity index is 2.82. The summed E-state index contributed by atoms with van der Waals surface area (Å²) in [6.07, 6.45) is -3.60. The fourth-order valence-electron chi connectivity index (χ4n) is 1.70. The van der Waals surface area contributed by atoms with E-state index in [0.717, 1.165) is 10.9 Å². The summed E-state index contributed by atoms with van der Waals surface area (Å²) in [7, 11) is 0. The molecule has 1 rings (SSSR count). The number of halogens is 3. The van der Waals surface area contributed by atoms with Crippen LogP contribution in [0.25, 0.3) is 0 Å². The highest BCUT2D eigenvalue weighted by Crippen LogP contribution is 2.30. The highest BCUT2D eigenvalue weighted by molar-refractivity contribution is 5.75. The van der Waals surface area contributed by atoms with Crippen LogP contribution in [0, 0.1) is 5.92 Å². The summed E-state index contributed by atoms with van der Waals surface area (Å²) in [5.41, 5.74) is -1.17. The number of hydrogen-bond donors (Lipinski definition) is 2. The summed E-state index contributed by atoms with van der Waals surface area (Å²) in [6, 6.07) is -0.0768. The topological polar surface area (TPSA) is 67.2 Å². The molecule has 0 fully saturated rings.